The Kier molecular flexibility index (Phi) is 3.08. The fourth-order valence-corrected chi connectivity index (χ4v) is 2.21. The Morgan fingerprint density at radius 2 is 2.11 bits per heavy atom. The van der Waals surface area contributed by atoms with Gasteiger partial charge < -0.3 is 10.2 Å². The molecule has 18 heavy (non-hydrogen) atoms. The van der Waals surface area contributed by atoms with Gasteiger partial charge in [0.15, 0.2) is 0 Å². The van der Waals surface area contributed by atoms with Crippen LogP contribution in [0.2, 0.25) is 0 Å². The van der Waals surface area contributed by atoms with Crippen molar-refractivity contribution in [2.75, 3.05) is 13.1 Å². The van der Waals surface area contributed by atoms with Gasteiger partial charge in [0.25, 0.3) is 0 Å². The van der Waals surface area contributed by atoms with E-state index in [1.807, 2.05) is 30.3 Å². The molecule has 1 aromatic carbocycles. The molecule has 1 aromatic heterocycles. The maximum absolute atomic E-state index is 5.87. The van der Waals surface area contributed by atoms with Gasteiger partial charge >= 0.3 is 0 Å². The summed E-state index contributed by atoms with van der Waals surface area (Å²) in [5, 5.41) is 8.15. The van der Waals surface area contributed by atoms with Crippen molar-refractivity contribution in [1.29, 1.82) is 0 Å². The summed E-state index contributed by atoms with van der Waals surface area (Å²) in [5.74, 6) is 1.23. The Morgan fingerprint density at radius 1 is 1.28 bits per heavy atom. The highest BCUT2D eigenvalue weighted by Crippen LogP contribution is 2.18. The Bertz CT molecular complexity index is 511. The first-order valence-electron chi connectivity index (χ1n) is 6.17. The summed E-state index contributed by atoms with van der Waals surface area (Å²) in [7, 11) is 0. The monoisotopic (exact) mass is 244 g/mol. The third-order valence-corrected chi connectivity index (χ3v) is 3.16. The van der Waals surface area contributed by atoms with Crippen molar-refractivity contribution in [2.24, 2.45) is 5.73 Å². The summed E-state index contributed by atoms with van der Waals surface area (Å²) in [5.41, 5.74) is 6.82. The van der Waals surface area contributed by atoms with Crippen LogP contribution in [0, 0.1) is 0 Å². The second kappa shape index (κ2) is 4.88. The molecule has 0 radical (unpaired) electrons. The van der Waals surface area contributed by atoms with Crippen LogP contribution in [0.1, 0.15) is 12.3 Å². The third kappa shape index (κ3) is 2.42. The van der Waals surface area contributed by atoms with Crippen LogP contribution in [0.25, 0.3) is 11.5 Å². The van der Waals surface area contributed by atoms with E-state index in [1.54, 1.807) is 0 Å². The molecule has 1 saturated heterocycles. The zero-order chi connectivity index (χ0) is 12.4. The van der Waals surface area contributed by atoms with E-state index >= 15 is 0 Å². The number of hydrogen-bond acceptors (Lipinski definition) is 5. The summed E-state index contributed by atoms with van der Waals surface area (Å²) >= 11 is 0. The number of rotatable bonds is 3. The molecule has 1 aliphatic heterocycles. The van der Waals surface area contributed by atoms with Crippen molar-refractivity contribution >= 4 is 0 Å². The van der Waals surface area contributed by atoms with Crippen LogP contribution in [0.5, 0.6) is 0 Å². The van der Waals surface area contributed by atoms with Crippen molar-refractivity contribution in [3.63, 3.8) is 0 Å². The van der Waals surface area contributed by atoms with Gasteiger partial charge in [0.1, 0.15) is 0 Å². The first-order chi connectivity index (χ1) is 8.81. The molecule has 1 aliphatic rings. The van der Waals surface area contributed by atoms with Crippen LogP contribution < -0.4 is 5.73 Å². The van der Waals surface area contributed by atoms with Crippen LogP contribution in [-0.2, 0) is 6.54 Å². The molecular formula is C13H16N4O. The minimum Gasteiger partial charge on any atom is -0.419 e. The highest BCUT2D eigenvalue weighted by molar-refractivity contribution is 5.51. The molecule has 1 fully saturated rings. The molecule has 5 nitrogen and oxygen atoms in total. The van der Waals surface area contributed by atoms with E-state index in [-0.39, 0.29) is 6.04 Å². The smallest absolute Gasteiger partial charge is 0.247 e. The van der Waals surface area contributed by atoms with Crippen LogP contribution in [-0.4, -0.2) is 34.2 Å². The molecular weight excluding hydrogens is 228 g/mol. The van der Waals surface area contributed by atoms with Crippen LogP contribution in [0.15, 0.2) is 34.7 Å². The molecule has 0 unspecified atom stereocenters. The van der Waals surface area contributed by atoms with E-state index in [2.05, 4.69) is 15.1 Å². The van der Waals surface area contributed by atoms with Gasteiger partial charge in [0.05, 0.1) is 6.54 Å². The Hall–Kier alpha value is -1.72. The van der Waals surface area contributed by atoms with Crippen LogP contribution >= 0.6 is 0 Å². The average Bonchev–Trinajstić information content (AvgIpc) is 3.01. The van der Waals surface area contributed by atoms with Gasteiger partial charge in [-0.15, -0.1) is 10.2 Å². The van der Waals surface area contributed by atoms with E-state index in [0.29, 0.717) is 18.3 Å². The molecule has 5 heteroatoms. The largest absolute Gasteiger partial charge is 0.419 e. The molecule has 0 amide bonds. The third-order valence-electron chi connectivity index (χ3n) is 3.16. The van der Waals surface area contributed by atoms with E-state index in [1.165, 1.54) is 0 Å². The quantitative estimate of drug-likeness (QED) is 0.880. The second-order valence-electron chi connectivity index (χ2n) is 4.65. The molecule has 94 valence electrons. The molecule has 1 atom stereocenters. The second-order valence-corrected chi connectivity index (χ2v) is 4.65. The minimum absolute atomic E-state index is 0.279. The SMILES string of the molecule is N[C@H]1CCN(Cc2nnc(-c3ccccc3)o2)C1. The van der Waals surface area contributed by atoms with Gasteiger partial charge in [-0.05, 0) is 18.6 Å². The van der Waals surface area contributed by atoms with Gasteiger partial charge in [-0.25, -0.2) is 0 Å². The standard InChI is InChI=1S/C13H16N4O/c14-11-6-7-17(8-11)9-12-15-16-13(18-12)10-4-2-1-3-5-10/h1-5,11H,6-9,14H2/t11-/m0/s1. The fourth-order valence-electron chi connectivity index (χ4n) is 2.21. The molecule has 0 aliphatic carbocycles. The van der Waals surface area contributed by atoms with Crippen molar-refractivity contribution in [1.82, 2.24) is 15.1 Å². The highest BCUT2D eigenvalue weighted by Gasteiger charge is 2.21. The Labute approximate surface area is 106 Å². The predicted molar refractivity (Wildman–Crippen MR) is 67.6 cm³/mol. The molecule has 2 aromatic rings. The van der Waals surface area contributed by atoms with Crippen molar-refractivity contribution in [3.05, 3.63) is 36.2 Å². The van der Waals surface area contributed by atoms with E-state index < -0.39 is 0 Å². The number of aromatic nitrogens is 2. The highest BCUT2D eigenvalue weighted by atomic mass is 16.4. The molecule has 0 bridgehead atoms. The molecule has 0 saturated carbocycles. The van der Waals surface area contributed by atoms with Crippen molar-refractivity contribution in [3.8, 4) is 11.5 Å². The molecule has 2 heterocycles. The van der Waals surface area contributed by atoms with E-state index in [9.17, 15) is 0 Å². The van der Waals surface area contributed by atoms with Gasteiger partial charge in [-0.1, -0.05) is 18.2 Å². The normalized spacial score (nSPS) is 20.4. The number of likely N-dealkylation sites (tertiary alicyclic amines) is 1. The average molecular weight is 244 g/mol. The first-order valence-corrected chi connectivity index (χ1v) is 6.17. The van der Waals surface area contributed by atoms with E-state index in [4.69, 9.17) is 10.2 Å². The fraction of sp³-hybridized carbons (Fsp3) is 0.385. The lowest BCUT2D eigenvalue weighted by atomic mass is 10.2. The van der Waals surface area contributed by atoms with Crippen molar-refractivity contribution in [2.45, 2.75) is 19.0 Å². The number of nitrogens with two attached hydrogens (primary N) is 1. The van der Waals surface area contributed by atoms with Gasteiger partial charge in [-0.3, -0.25) is 4.90 Å². The maximum atomic E-state index is 5.87. The zero-order valence-corrected chi connectivity index (χ0v) is 10.1. The number of nitrogens with zero attached hydrogens (tertiary/aromatic N) is 3. The van der Waals surface area contributed by atoms with Crippen LogP contribution in [0.4, 0.5) is 0 Å². The van der Waals surface area contributed by atoms with Crippen LogP contribution in [0.3, 0.4) is 0 Å². The molecule has 0 spiro atoms. The lowest BCUT2D eigenvalue weighted by Crippen LogP contribution is -2.26. The zero-order valence-electron chi connectivity index (χ0n) is 10.1. The van der Waals surface area contributed by atoms with Gasteiger partial charge in [0, 0.05) is 24.7 Å². The summed E-state index contributed by atoms with van der Waals surface area (Å²) < 4.78 is 5.66. The van der Waals surface area contributed by atoms with E-state index in [0.717, 1.165) is 25.1 Å². The first kappa shape index (κ1) is 11.4. The summed E-state index contributed by atoms with van der Waals surface area (Å²) in [6.07, 6.45) is 1.04. The number of benzene rings is 1. The van der Waals surface area contributed by atoms with Gasteiger partial charge in [-0.2, -0.15) is 0 Å². The van der Waals surface area contributed by atoms with Gasteiger partial charge in [0.2, 0.25) is 11.8 Å². The Balaban J connectivity index is 1.70. The molecule has 2 N–H and O–H groups in total. The maximum Gasteiger partial charge on any atom is 0.247 e. The lowest BCUT2D eigenvalue weighted by Gasteiger charge is -2.11. The topological polar surface area (TPSA) is 68.2 Å². The Morgan fingerprint density at radius 3 is 2.83 bits per heavy atom. The number of hydrogen-bond donors (Lipinski definition) is 1. The summed E-state index contributed by atoms with van der Waals surface area (Å²) in [4.78, 5) is 2.24. The summed E-state index contributed by atoms with van der Waals surface area (Å²) in [6.45, 7) is 2.60. The molecule has 3 rings (SSSR count). The predicted octanol–water partition coefficient (Wildman–Crippen LogP) is 1.27. The van der Waals surface area contributed by atoms with Crippen molar-refractivity contribution < 1.29 is 4.42 Å². The lowest BCUT2D eigenvalue weighted by molar-refractivity contribution is 0.289. The summed E-state index contributed by atoms with van der Waals surface area (Å²) in [6, 6.07) is 10.1. The minimum atomic E-state index is 0.279.